The van der Waals surface area contributed by atoms with Crippen LogP contribution in [0.1, 0.15) is 77.1 Å². The molecule has 293 valence electrons. The van der Waals surface area contributed by atoms with Crippen molar-refractivity contribution in [1.29, 1.82) is 5.26 Å². The van der Waals surface area contributed by atoms with E-state index < -0.39 is 8.07 Å². The number of pyridine rings is 2. The minimum absolute atomic E-state index is 0. The van der Waals surface area contributed by atoms with Crippen LogP contribution < -0.4 is 14.3 Å². The normalized spacial score (nSPS) is 12.5. The molecule has 0 unspecified atom stereocenters. The average Bonchev–Trinajstić information content (AvgIpc) is 3.51. The van der Waals surface area contributed by atoms with Gasteiger partial charge in [0.1, 0.15) is 5.58 Å². The summed E-state index contributed by atoms with van der Waals surface area (Å²) < 4.78 is 10.3. The van der Waals surface area contributed by atoms with E-state index in [2.05, 4.69) is 154 Å². The molecule has 0 saturated carbocycles. The SMILES string of the molecule is [CH2-]c1cc(C#N)ccc1-c1cc(C)c([Si](C)(C)C)c[n+]1[CH2-].[CH2-]c1cc2oc3cc(-c4cccc5c4CCCC5)ccc3c2cc1-c1cc(C(C)C)c(C)c[n+]1[CH2-].[Ir]. The number of aromatic nitrogens is 2. The molecule has 0 bridgehead atoms. The number of hydrogen-bond acceptors (Lipinski definition) is 2. The van der Waals surface area contributed by atoms with Crippen molar-refractivity contribution >= 4 is 35.2 Å². The molecule has 1 aliphatic rings. The first kappa shape index (κ1) is 41.5. The third-order valence-electron chi connectivity index (χ3n) is 11.4. The first-order valence-corrected chi connectivity index (χ1v) is 23.2. The monoisotopic (exact) mass is 944 g/mol. The molecule has 0 N–H and O–H groups in total. The quantitative estimate of drug-likeness (QED) is 0.0980. The molecule has 0 spiro atoms. The molecule has 4 aromatic carbocycles. The summed E-state index contributed by atoms with van der Waals surface area (Å²) in [6, 6.07) is 29.9. The van der Waals surface area contributed by atoms with Crippen molar-refractivity contribution in [3.05, 3.63) is 164 Å². The summed E-state index contributed by atoms with van der Waals surface area (Å²) in [6.07, 6.45) is 9.19. The molecule has 1 aliphatic carbocycles. The number of rotatable bonds is 5. The number of fused-ring (bicyclic) bond motifs is 4. The van der Waals surface area contributed by atoms with Crippen LogP contribution in [0.3, 0.4) is 0 Å². The fourth-order valence-electron chi connectivity index (χ4n) is 8.52. The van der Waals surface area contributed by atoms with Gasteiger partial charge in [-0.3, -0.25) is 0 Å². The van der Waals surface area contributed by atoms with Gasteiger partial charge in [0.15, 0.2) is 0 Å². The number of nitrogens with zero attached hydrogens (tertiary/aromatic N) is 3. The molecule has 1 radical (unpaired) electrons. The van der Waals surface area contributed by atoms with Gasteiger partial charge < -0.3 is 13.6 Å². The zero-order valence-electron chi connectivity index (χ0n) is 34.5. The standard InChI is InChI=1S/C33H32NO.C18H21N2Si.Ir/c1-20(2)28-18-31(34(5)19-22(28)4)29-17-30-27-14-13-24(16-33(27)35-32(30)15-21(29)3)26-12-8-10-23-9-6-7-11-25(23)26;1-13-9-15(11-19)7-8-16(13)17-10-14(2)18(12-20(17)3)21(4,5)6;/h8,10,12-20H,3,5-7,9,11H2,1-2,4H3;7-10,12H,1,3H2,2,4-6H3;/q2*-1;. The molecule has 0 amide bonds. The van der Waals surface area contributed by atoms with Gasteiger partial charge in [-0.05, 0) is 91.0 Å². The van der Waals surface area contributed by atoms with E-state index in [4.69, 9.17) is 9.68 Å². The molecular weight excluding hydrogens is 891 g/mol. The number of aryl methyl sites for hydroxylation is 3. The Balaban J connectivity index is 0.000000215. The van der Waals surface area contributed by atoms with Gasteiger partial charge in [0.25, 0.3) is 0 Å². The van der Waals surface area contributed by atoms with Gasteiger partial charge in [-0.1, -0.05) is 92.3 Å². The van der Waals surface area contributed by atoms with Gasteiger partial charge in [0, 0.05) is 45.0 Å². The van der Waals surface area contributed by atoms with Crippen molar-refractivity contribution in [2.24, 2.45) is 0 Å². The molecular formula is C51H53IrN3OSi-2. The predicted octanol–water partition coefficient (Wildman–Crippen LogP) is 11.5. The molecule has 0 aliphatic heterocycles. The van der Waals surface area contributed by atoms with E-state index in [0.717, 1.165) is 62.0 Å². The third kappa shape index (κ3) is 8.16. The van der Waals surface area contributed by atoms with Crippen LogP contribution in [-0.4, -0.2) is 8.07 Å². The third-order valence-corrected chi connectivity index (χ3v) is 13.5. The van der Waals surface area contributed by atoms with Crippen LogP contribution in [0.2, 0.25) is 19.6 Å². The molecule has 0 fully saturated rings. The topological polar surface area (TPSA) is 44.7 Å². The molecule has 0 atom stereocenters. The van der Waals surface area contributed by atoms with E-state index in [1.165, 1.54) is 63.4 Å². The molecule has 6 heteroatoms. The molecule has 8 rings (SSSR count). The maximum Gasteiger partial charge on any atom is 0.134 e. The Kier molecular flexibility index (Phi) is 11.9. The zero-order chi connectivity index (χ0) is 40.1. The number of benzene rings is 4. The van der Waals surface area contributed by atoms with Gasteiger partial charge in [0.05, 0.1) is 43.5 Å². The van der Waals surface area contributed by atoms with Gasteiger partial charge in [-0.2, -0.15) is 30.2 Å². The zero-order valence-corrected chi connectivity index (χ0v) is 37.9. The van der Waals surface area contributed by atoms with Crippen molar-refractivity contribution in [2.75, 3.05) is 0 Å². The largest absolute Gasteiger partial charge is 0.469 e. The fraction of sp³-hybridized carbons (Fsp3) is 0.235. The molecule has 7 aromatic rings. The van der Waals surface area contributed by atoms with Gasteiger partial charge in [-0.15, -0.1) is 35.4 Å². The average molecular weight is 944 g/mol. The molecule has 3 aromatic heterocycles. The van der Waals surface area contributed by atoms with Crippen molar-refractivity contribution in [3.63, 3.8) is 0 Å². The summed E-state index contributed by atoms with van der Waals surface area (Å²) >= 11 is 0. The van der Waals surface area contributed by atoms with Crippen LogP contribution in [-0.2, 0) is 32.9 Å². The Labute approximate surface area is 354 Å². The second-order valence-corrected chi connectivity index (χ2v) is 21.9. The minimum atomic E-state index is -1.38. The maximum atomic E-state index is 8.96. The Morgan fingerprint density at radius 2 is 1.40 bits per heavy atom. The summed E-state index contributed by atoms with van der Waals surface area (Å²) in [4.78, 5) is 0. The van der Waals surface area contributed by atoms with Crippen LogP contribution in [0.4, 0.5) is 0 Å². The van der Waals surface area contributed by atoms with E-state index in [-0.39, 0.29) is 20.1 Å². The Bertz CT molecular complexity index is 2690. The molecule has 4 nitrogen and oxygen atoms in total. The molecule has 0 saturated heterocycles. The van der Waals surface area contributed by atoms with Gasteiger partial charge in [-0.25, -0.2) is 0 Å². The maximum absolute atomic E-state index is 8.96. The van der Waals surface area contributed by atoms with Crippen molar-refractivity contribution in [3.8, 4) is 39.7 Å². The van der Waals surface area contributed by atoms with Gasteiger partial charge >= 0.3 is 0 Å². The molecule has 3 heterocycles. The second-order valence-electron chi connectivity index (χ2n) is 16.8. The van der Waals surface area contributed by atoms with E-state index in [1.54, 1.807) is 0 Å². The Morgan fingerprint density at radius 3 is 2.11 bits per heavy atom. The second kappa shape index (κ2) is 16.4. The number of furan rings is 1. The fourth-order valence-corrected chi connectivity index (χ4v) is 10.3. The summed E-state index contributed by atoms with van der Waals surface area (Å²) in [7, 11) is 7.04. The van der Waals surface area contributed by atoms with Crippen molar-refractivity contribution in [1.82, 2.24) is 0 Å². The van der Waals surface area contributed by atoms with E-state index in [0.29, 0.717) is 11.5 Å². The number of hydrogen-bond donors (Lipinski definition) is 0. The Morgan fingerprint density at radius 1 is 0.719 bits per heavy atom. The minimum Gasteiger partial charge on any atom is -0.469 e. The first-order valence-electron chi connectivity index (χ1n) is 19.7. The van der Waals surface area contributed by atoms with Crippen LogP contribution in [0.25, 0.3) is 55.6 Å². The molecule has 57 heavy (non-hydrogen) atoms. The van der Waals surface area contributed by atoms with Crippen molar-refractivity contribution in [2.45, 2.75) is 78.9 Å². The first-order chi connectivity index (χ1) is 26.6. The van der Waals surface area contributed by atoms with E-state index in [1.807, 2.05) is 27.3 Å². The Hall–Kier alpha value is -5.18. The number of nitriles is 1. The summed E-state index contributed by atoms with van der Waals surface area (Å²) in [5.74, 6) is 0.448. The summed E-state index contributed by atoms with van der Waals surface area (Å²) in [6.45, 7) is 24.2. The smallest absolute Gasteiger partial charge is 0.134 e. The van der Waals surface area contributed by atoms with E-state index >= 15 is 0 Å². The predicted molar refractivity (Wildman–Crippen MR) is 235 cm³/mol. The summed E-state index contributed by atoms with van der Waals surface area (Å²) in [5.41, 5.74) is 18.0. The van der Waals surface area contributed by atoms with Crippen LogP contribution in [0.5, 0.6) is 0 Å². The van der Waals surface area contributed by atoms with Crippen LogP contribution >= 0.6 is 0 Å². The van der Waals surface area contributed by atoms with Gasteiger partial charge in [0.2, 0.25) is 0 Å². The van der Waals surface area contributed by atoms with Crippen molar-refractivity contribution < 1.29 is 33.7 Å². The van der Waals surface area contributed by atoms with E-state index in [9.17, 15) is 0 Å². The van der Waals surface area contributed by atoms with Crippen LogP contribution in [0, 0.1) is 53.1 Å². The summed E-state index contributed by atoms with van der Waals surface area (Å²) in [5, 5.41) is 12.6. The van der Waals surface area contributed by atoms with Crippen LogP contribution in [0.15, 0.2) is 95.7 Å².